The Bertz CT molecular complexity index is 1200. The van der Waals surface area contributed by atoms with E-state index in [1.165, 1.54) is 0 Å². The molecule has 6 heteroatoms. The zero-order chi connectivity index (χ0) is 22.9. The second-order valence-electron chi connectivity index (χ2n) is 8.86. The van der Waals surface area contributed by atoms with Gasteiger partial charge in [-0.25, -0.2) is 0 Å². The van der Waals surface area contributed by atoms with Crippen molar-refractivity contribution in [1.82, 2.24) is 4.90 Å². The van der Waals surface area contributed by atoms with Crippen LogP contribution in [-0.2, 0) is 11.3 Å². The Morgan fingerprint density at radius 3 is 2.33 bits per heavy atom. The summed E-state index contributed by atoms with van der Waals surface area (Å²) >= 11 is 6.06. The van der Waals surface area contributed by atoms with Crippen molar-refractivity contribution in [1.29, 1.82) is 0 Å². The number of carbonyl (C=O) groups excluding carboxylic acids is 1. The number of carboxylic acids is 1. The first-order valence-corrected chi connectivity index (χ1v) is 11.7. The Labute approximate surface area is 198 Å². The van der Waals surface area contributed by atoms with E-state index in [0.717, 1.165) is 46.5 Å². The van der Waals surface area contributed by atoms with Gasteiger partial charge in [-0.1, -0.05) is 41.9 Å². The number of nitrogens with zero attached hydrogens (tertiary/aromatic N) is 1. The third-order valence-corrected chi connectivity index (χ3v) is 7.00. The Balaban J connectivity index is 1.29. The molecular weight excluding hydrogens is 436 g/mol. The minimum absolute atomic E-state index is 0.0601. The summed E-state index contributed by atoms with van der Waals surface area (Å²) in [5, 5.41) is 13.3. The van der Waals surface area contributed by atoms with E-state index in [1.54, 1.807) is 0 Å². The molecule has 1 aliphatic carbocycles. The molecule has 5 rings (SSSR count). The minimum atomic E-state index is -0.720. The number of amides is 1. The van der Waals surface area contributed by atoms with Gasteiger partial charge in [-0.2, -0.15) is 0 Å². The molecule has 0 bridgehead atoms. The smallest absolute Gasteiger partial charge is 0.306 e. The summed E-state index contributed by atoms with van der Waals surface area (Å²) in [6.07, 6.45) is 2.79. The highest BCUT2D eigenvalue weighted by molar-refractivity contribution is 6.30. The van der Waals surface area contributed by atoms with Crippen molar-refractivity contribution in [2.45, 2.75) is 38.3 Å². The van der Waals surface area contributed by atoms with Crippen LogP contribution in [-0.4, -0.2) is 27.9 Å². The predicted octanol–water partition coefficient (Wildman–Crippen LogP) is 6.35. The first-order valence-electron chi connectivity index (χ1n) is 11.3. The largest absolute Gasteiger partial charge is 0.481 e. The van der Waals surface area contributed by atoms with Gasteiger partial charge in [0.25, 0.3) is 5.91 Å². The molecule has 1 heterocycles. The van der Waals surface area contributed by atoms with Gasteiger partial charge < -0.3 is 15.3 Å². The van der Waals surface area contributed by atoms with Crippen molar-refractivity contribution < 1.29 is 14.7 Å². The fourth-order valence-corrected chi connectivity index (χ4v) is 5.10. The van der Waals surface area contributed by atoms with Crippen LogP contribution in [0.25, 0.3) is 11.1 Å². The maximum absolute atomic E-state index is 13.2. The van der Waals surface area contributed by atoms with Crippen LogP contribution >= 0.6 is 11.6 Å². The van der Waals surface area contributed by atoms with Gasteiger partial charge in [-0.05, 0) is 78.8 Å². The molecule has 2 N–H and O–H groups in total. The molecule has 0 saturated heterocycles. The van der Waals surface area contributed by atoms with Crippen LogP contribution in [0.2, 0.25) is 5.02 Å². The van der Waals surface area contributed by atoms with Crippen LogP contribution in [0.5, 0.6) is 0 Å². The molecule has 3 aromatic rings. The Kier molecular flexibility index (Phi) is 5.81. The van der Waals surface area contributed by atoms with Gasteiger partial charge in [-0.3, -0.25) is 9.59 Å². The van der Waals surface area contributed by atoms with E-state index in [-0.39, 0.29) is 17.9 Å². The molecule has 1 fully saturated rings. The first kappa shape index (κ1) is 21.5. The van der Waals surface area contributed by atoms with Crippen molar-refractivity contribution in [3.8, 4) is 11.1 Å². The maximum Gasteiger partial charge on any atom is 0.306 e. The second-order valence-corrected chi connectivity index (χ2v) is 9.30. The maximum atomic E-state index is 13.2. The van der Waals surface area contributed by atoms with Gasteiger partial charge in [0.1, 0.15) is 0 Å². The molecule has 1 aliphatic heterocycles. The normalized spacial score (nSPS) is 19.9. The third kappa shape index (κ3) is 4.46. The molecule has 0 radical (unpaired) electrons. The summed E-state index contributed by atoms with van der Waals surface area (Å²) in [5.74, 6) is -0.933. The highest BCUT2D eigenvalue weighted by atomic mass is 35.5. The zero-order valence-electron chi connectivity index (χ0n) is 18.1. The van der Waals surface area contributed by atoms with Gasteiger partial charge >= 0.3 is 5.97 Å². The fraction of sp³-hybridized carbons (Fsp3) is 0.259. The molecule has 3 aromatic carbocycles. The lowest BCUT2D eigenvalue weighted by Crippen LogP contribution is -2.39. The highest BCUT2D eigenvalue weighted by Crippen LogP contribution is 2.35. The molecular formula is C27H25ClN2O3. The minimum Gasteiger partial charge on any atom is -0.481 e. The SMILES string of the molecule is O=C1c2cc(-c3ccc(Nc4cccc(Cl)c4)cc3)ccc2CN1[C@H]1CC[C@H](C(=O)O)CC1. The van der Waals surface area contributed by atoms with Gasteiger partial charge in [0.2, 0.25) is 0 Å². The number of benzene rings is 3. The van der Waals surface area contributed by atoms with E-state index in [1.807, 2.05) is 65.6 Å². The van der Waals surface area contributed by atoms with E-state index >= 15 is 0 Å². The molecule has 168 valence electrons. The number of rotatable bonds is 5. The van der Waals surface area contributed by atoms with Gasteiger partial charge in [0.15, 0.2) is 0 Å². The Morgan fingerprint density at radius 1 is 0.909 bits per heavy atom. The Morgan fingerprint density at radius 2 is 1.64 bits per heavy atom. The number of nitrogens with one attached hydrogen (secondary N) is 1. The molecule has 5 nitrogen and oxygen atoms in total. The van der Waals surface area contributed by atoms with E-state index in [4.69, 9.17) is 11.6 Å². The lowest BCUT2D eigenvalue weighted by molar-refractivity contribution is -0.143. The second kappa shape index (κ2) is 8.91. The summed E-state index contributed by atoms with van der Waals surface area (Å²) in [7, 11) is 0. The number of anilines is 2. The van der Waals surface area contributed by atoms with E-state index in [0.29, 0.717) is 24.4 Å². The standard InChI is InChI=1S/C27H25ClN2O3/c28-21-2-1-3-23(15-21)29-22-10-6-17(7-11-22)19-4-5-20-16-30(26(31)25(20)14-19)24-12-8-18(9-13-24)27(32)33/h1-7,10-11,14-15,18,24,29H,8-9,12-13,16H2,(H,32,33)/t18-,24-. The van der Waals surface area contributed by atoms with Gasteiger partial charge in [0.05, 0.1) is 5.92 Å². The van der Waals surface area contributed by atoms with Crippen molar-refractivity contribution >= 4 is 34.9 Å². The number of fused-ring (bicyclic) bond motifs is 1. The predicted molar refractivity (Wildman–Crippen MR) is 130 cm³/mol. The summed E-state index contributed by atoms with van der Waals surface area (Å²) in [6, 6.07) is 21.9. The molecule has 33 heavy (non-hydrogen) atoms. The van der Waals surface area contributed by atoms with Crippen LogP contribution in [0.3, 0.4) is 0 Å². The summed E-state index contributed by atoms with van der Waals surface area (Å²) in [4.78, 5) is 26.3. The average molecular weight is 461 g/mol. The van der Waals surface area contributed by atoms with Crippen LogP contribution in [0, 0.1) is 5.92 Å². The molecule has 0 atom stereocenters. The van der Waals surface area contributed by atoms with Crippen LogP contribution in [0.1, 0.15) is 41.6 Å². The molecule has 0 aromatic heterocycles. The number of carbonyl (C=O) groups is 2. The number of aliphatic carboxylic acids is 1. The zero-order valence-corrected chi connectivity index (χ0v) is 18.9. The highest BCUT2D eigenvalue weighted by Gasteiger charge is 2.36. The number of halogens is 1. The van der Waals surface area contributed by atoms with Crippen molar-refractivity contribution in [3.05, 3.63) is 82.9 Å². The molecule has 1 saturated carbocycles. The van der Waals surface area contributed by atoms with E-state index in [2.05, 4.69) is 11.4 Å². The van der Waals surface area contributed by atoms with E-state index < -0.39 is 5.97 Å². The van der Waals surface area contributed by atoms with Crippen molar-refractivity contribution in [2.75, 3.05) is 5.32 Å². The van der Waals surface area contributed by atoms with E-state index in [9.17, 15) is 14.7 Å². The van der Waals surface area contributed by atoms with Crippen molar-refractivity contribution in [3.63, 3.8) is 0 Å². The average Bonchev–Trinajstić information content (AvgIpc) is 3.15. The van der Waals surface area contributed by atoms with Gasteiger partial charge in [-0.15, -0.1) is 0 Å². The third-order valence-electron chi connectivity index (χ3n) is 6.76. The summed E-state index contributed by atoms with van der Waals surface area (Å²) in [5.41, 5.74) is 5.74. The molecule has 0 spiro atoms. The van der Waals surface area contributed by atoms with Crippen LogP contribution < -0.4 is 5.32 Å². The number of hydrogen-bond acceptors (Lipinski definition) is 3. The molecule has 1 amide bonds. The Hall–Kier alpha value is -3.31. The number of carboxylic acid groups (broad SMARTS) is 1. The fourth-order valence-electron chi connectivity index (χ4n) is 4.91. The van der Waals surface area contributed by atoms with Crippen molar-refractivity contribution in [2.24, 2.45) is 5.92 Å². The monoisotopic (exact) mass is 460 g/mol. The first-order chi connectivity index (χ1) is 16.0. The quantitative estimate of drug-likeness (QED) is 0.465. The lowest BCUT2D eigenvalue weighted by Gasteiger charge is -2.33. The molecule has 2 aliphatic rings. The lowest BCUT2D eigenvalue weighted by atomic mass is 9.85. The van der Waals surface area contributed by atoms with Crippen LogP contribution in [0.15, 0.2) is 66.7 Å². The number of hydrogen-bond donors (Lipinski definition) is 2. The van der Waals surface area contributed by atoms with Crippen LogP contribution in [0.4, 0.5) is 11.4 Å². The summed E-state index contributed by atoms with van der Waals surface area (Å²) < 4.78 is 0. The van der Waals surface area contributed by atoms with Gasteiger partial charge in [0, 0.05) is 34.5 Å². The summed E-state index contributed by atoms with van der Waals surface area (Å²) in [6.45, 7) is 0.610. The topological polar surface area (TPSA) is 69.6 Å². The molecule has 0 unspecified atom stereocenters.